The van der Waals surface area contributed by atoms with Crippen molar-refractivity contribution in [2.45, 2.75) is 12.7 Å². The highest BCUT2D eigenvalue weighted by molar-refractivity contribution is 5.91. The number of rotatable bonds is 3. The molecule has 0 atom stereocenters. The van der Waals surface area contributed by atoms with E-state index >= 15 is 0 Å². The molecule has 0 aliphatic carbocycles. The van der Waals surface area contributed by atoms with E-state index in [0.29, 0.717) is 6.07 Å². The SMILES string of the molecule is O=C(NCc1ccc(F)c(C(F)(F)F)c1)c1ccncn1. The number of hydrogen-bond acceptors (Lipinski definition) is 3. The van der Waals surface area contributed by atoms with E-state index in [2.05, 4.69) is 15.3 Å². The summed E-state index contributed by atoms with van der Waals surface area (Å²) in [4.78, 5) is 19.0. The summed E-state index contributed by atoms with van der Waals surface area (Å²) in [5.41, 5.74) is -1.15. The summed E-state index contributed by atoms with van der Waals surface area (Å²) in [7, 11) is 0. The van der Waals surface area contributed by atoms with Crippen LogP contribution in [0.4, 0.5) is 17.6 Å². The Morgan fingerprint density at radius 2 is 2.00 bits per heavy atom. The van der Waals surface area contributed by atoms with Gasteiger partial charge in [-0.25, -0.2) is 14.4 Å². The standard InChI is InChI=1S/C13H9F4N3O/c14-10-2-1-8(5-9(10)13(15,16)17)6-19-12(21)11-3-4-18-7-20-11/h1-5,7H,6H2,(H,19,21). The first-order valence-electron chi connectivity index (χ1n) is 5.78. The van der Waals surface area contributed by atoms with Crippen molar-refractivity contribution in [1.29, 1.82) is 0 Å². The Kier molecular flexibility index (Phi) is 4.15. The molecule has 4 nitrogen and oxygen atoms in total. The summed E-state index contributed by atoms with van der Waals surface area (Å²) < 4.78 is 50.7. The van der Waals surface area contributed by atoms with Crippen LogP contribution in [0.1, 0.15) is 21.6 Å². The Morgan fingerprint density at radius 1 is 1.24 bits per heavy atom. The van der Waals surface area contributed by atoms with Crippen molar-refractivity contribution in [2.75, 3.05) is 0 Å². The van der Waals surface area contributed by atoms with Gasteiger partial charge in [-0.1, -0.05) is 6.07 Å². The van der Waals surface area contributed by atoms with Crippen molar-refractivity contribution in [3.8, 4) is 0 Å². The Balaban J connectivity index is 2.09. The summed E-state index contributed by atoms with van der Waals surface area (Å²) in [5, 5.41) is 2.39. The fraction of sp³-hybridized carbons (Fsp3) is 0.154. The van der Waals surface area contributed by atoms with E-state index in [4.69, 9.17) is 0 Å². The molecule has 0 aliphatic rings. The quantitative estimate of drug-likeness (QED) is 0.886. The van der Waals surface area contributed by atoms with E-state index in [1.54, 1.807) is 0 Å². The van der Waals surface area contributed by atoms with Crippen LogP contribution in [0.15, 0.2) is 36.8 Å². The maximum atomic E-state index is 13.1. The van der Waals surface area contributed by atoms with E-state index < -0.39 is 23.5 Å². The number of aromatic nitrogens is 2. The van der Waals surface area contributed by atoms with Crippen molar-refractivity contribution in [1.82, 2.24) is 15.3 Å². The summed E-state index contributed by atoms with van der Waals surface area (Å²) in [6.07, 6.45) is -2.24. The minimum atomic E-state index is -4.78. The van der Waals surface area contributed by atoms with Crippen molar-refractivity contribution in [3.05, 3.63) is 59.4 Å². The van der Waals surface area contributed by atoms with Gasteiger partial charge in [0, 0.05) is 12.7 Å². The third-order valence-electron chi connectivity index (χ3n) is 2.60. The van der Waals surface area contributed by atoms with Crippen LogP contribution < -0.4 is 5.32 Å². The highest BCUT2D eigenvalue weighted by Gasteiger charge is 2.34. The molecule has 21 heavy (non-hydrogen) atoms. The molecule has 0 radical (unpaired) electrons. The Bertz CT molecular complexity index is 644. The van der Waals surface area contributed by atoms with Gasteiger partial charge < -0.3 is 5.32 Å². The number of halogens is 4. The molecule has 0 bridgehead atoms. The molecule has 2 aromatic rings. The summed E-state index contributed by atoms with van der Waals surface area (Å²) >= 11 is 0. The fourth-order valence-electron chi connectivity index (χ4n) is 1.60. The van der Waals surface area contributed by atoms with Crippen molar-refractivity contribution in [3.63, 3.8) is 0 Å². The first-order valence-corrected chi connectivity index (χ1v) is 5.78. The Labute approximate surface area is 116 Å². The summed E-state index contributed by atoms with van der Waals surface area (Å²) in [6.45, 7) is -0.174. The van der Waals surface area contributed by atoms with Crippen molar-refractivity contribution in [2.24, 2.45) is 0 Å². The van der Waals surface area contributed by atoms with Crippen LogP contribution in [-0.2, 0) is 12.7 Å². The molecular weight excluding hydrogens is 290 g/mol. The zero-order valence-corrected chi connectivity index (χ0v) is 10.5. The summed E-state index contributed by atoms with van der Waals surface area (Å²) in [6, 6.07) is 3.91. The lowest BCUT2D eigenvalue weighted by Crippen LogP contribution is -2.24. The predicted octanol–water partition coefficient (Wildman–Crippen LogP) is 2.56. The molecule has 110 valence electrons. The van der Waals surface area contributed by atoms with Gasteiger partial charge >= 0.3 is 6.18 Å². The lowest BCUT2D eigenvalue weighted by Gasteiger charge is -2.10. The second kappa shape index (κ2) is 5.86. The van der Waals surface area contributed by atoms with Crippen molar-refractivity contribution >= 4 is 5.91 Å². The normalized spacial score (nSPS) is 11.2. The smallest absolute Gasteiger partial charge is 0.347 e. The van der Waals surface area contributed by atoms with Crippen LogP contribution in [-0.4, -0.2) is 15.9 Å². The number of hydrogen-bond donors (Lipinski definition) is 1. The second-order valence-corrected chi connectivity index (χ2v) is 4.09. The number of nitrogens with zero attached hydrogens (tertiary/aromatic N) is 2. The largest absolute Gasteiger partial charge is 0.419 e. The molecule has 0 spiro atoms. The molecular formula is C13H9F4N3O. The van der Waals surface area contributed by atoms with Gasteiger partial charge in [0.25, 0.3) is 5.91 Å². The van der Waals surface area contributed by atoms with Gasteiger partial charge in [0.1, 0.15) is 17.8 Å². The highest BCUT2D eigenvalue weighted by atomic mass is 19.4. The zero-order valence-electron chi connectivity index (χ0n) is 10.5. The van der Waals surface area contributed by atoms with E-state index in [0.717, 1.165) is 6.07 Å². The van der Waals surface area contributed by atoms with E-state index in [9.17, 15) is 22.4 Å². The van der Waals surface area contributed by atoms with Crippen LogP contribution in [0.25, 0.3) is 0 Å². The number of nitrogens with one attached hydrogen (secondary N) is 1. The average Bonchev–Trinajstić information content (AvgIpc) is 2.45. The molecule has 8 heteroatoms. The molecule has 0 aliphatic heterocycles. The molecule has 1 aromatic heterocycles. The van der Waals surface area contributed by atoms with Crippen molar-refractivity contribution < 1.29 is 22.4 Å². The van der Waals surface area contributed by atoms with Crippen LogP contribution in [0.3, 0.4) is 0 Å². The first kappa shape index (κ1) is 14.9. The van der Waals surface area contributed by atoms with Gasteiger partial charge in [0.05, 0.1) is 5.56 Å². The lowest BCUT2D eigenvalue weighted by molar-refractivity contribution is -0.140. The Morgan fingerprint density at radius 3 is 2.62 bits per heavy atom. The molecule has 1 N–H and O–H groups in total. The van der Waals surface area contributed by atoms with Gasteiger partial charge in [-0.2, -0.15) is 13.2 Å². The molecule has 0 unspecified atom stereocenters. The minimum absolute atomic E-state index is 0.0863. The lowest BCUT2D eigenvalue weighted by atomic mass is 10.1. The molecule has 1 amide bonds. The third-order valence-corrected chi connectivity index (χ3v) is 2.60. The van der Waals surface area contributed by atoms with Crippen LogP contribution in [0.2, 0.25) is 0 Å². The fourth-order valence-corrected chi connectivity index (χ4v) is 1.60. The zero-order chi connectivity index (χ0) is 15.5. The first-order chi connectivity index (χ1) is 9.88. The predicted molar refractivity (Wildman–Crippen MR) is 64.6 cm³/mol. The average molecular weight is 299 g/mol. The molecule has 0 fully saturated rings. The van der Waals surface area contributed by atoms with E-state index in [1.807, 2.05) is 0 Å². The van der Waals surface area contributed by atoms with Crippen LogP contribution >= 0.6 is 0 Å². The number of carbonyl (C=O) groups is 1. The highest BCUT2D eigenvalue weighted by Crippen LogP contribution is 2.31. The second-order valence-electron chi connectivity index (χ2n) is 4.09. The molecule has 1 aromatic carbocycles. The van der Waals surface area contributed by atoms with Crippen LogP contribution in [0, 0.1) is 5.82 Å². The Hall–Kier alpha value is -2.51. The van der Waals surface area contributed by atoms with Gasteiger partial charge in [-0.3, -0.25) is 4.79 Å². The summed E-state index contributed by atoms with van der Waals surface area (Å²) in [5.74, 6) is -1.91. The van der Waals surface area contributed by atoms with Gasteiger partial charge in [0.15, 0.2) is 0 Å². The number of carbonyl (C=O) groups excluding carboxylic acids is 1. The number of alkyl halides is 3. The van der Waals surface area contributed by atoms with Gasteiger partial charge in [-0.15, -0.1) is 0 Å². The topological polar surface area (TPSA) is 54.9 Å². The van der Waals surface area contributed by atoms with Gasteiger partial charge in [0.2, 0.25) is 0 Å². The molecule has 2 rings (SSSR count). The van der Waals surface area contributed by atoms with Crippen LogP contribution in [0.5, 0.6) is 0 Å². The van der Waals surface area contributed by atoms with E-state index in [1.165, 1.54) is 24.7 Å². The maximum absolute atomic E-state index is 13.1. The molecule has 0 saturated heterocycles. The monoisotopic (exact) mass is 299 g/mol. The maximum Gasteiger partial charge on any atom is 0.419 e. The number of benzene rings is 1. The minimum Gasteiger partial charge on any atom is -0.347 e. The molecule has 0 saturated carbocycles. The van der Waals surface area contributed by atoms with Gasteiger partial charge in [-0.05, 0) is 23.8 Å². The number of amides is 1. The third kappa shape index (κ3) is 3.74. The van der Waals surface area contributed by atoms with E-state index in [-0.39, 0.29) is 17.8 Å². The molecule has 1 heterocycles.